The highest BCUT2D eigenvalue weighted by Crippen LogP contribution is 2.58. The van der Waals surface area contributed by atoms with Crippen molar-refractivity contribution in [2.45, 2.75) is 13.8 Å². The van der Waals surface area contributed by atoms with Crippen LogP contribution in [0.15, 0.2) is 0 Å². The van der Waals surface area contributed by atoms with Crippen LogP contribution in [0.2, 0.25) is 0 Å². The summed E-state index contributed by atoms with van der Waals surface area (Å²) in [5, 5.41) is 18.0. The predicted octanol–water partition coefficient (Wildman–Crippen LogP) is -0.189. The smallest absolute Gasteiger partial charge is 0.307 e. The molecule has 1 aliphatic rings. The molecule has 2 N–H and O–H groups in total. The molecular formula is C12H21NO5. The maximum atomic E-state index is 12.2. The van der Waals surface area contributed by atoms with Crippen LogP contribution in [-0.2, 0) is 14.3 Å². The van der Waals surface area contributed by atoms with Gasteiger partial charge in [-0.15, -0.1) is 0 Å². The van der Waals surface area contributed by atoms with E-state index in [4.69, 9.17) is 14.9 Å². The zero-order chi connectivity index (χ0) is 13.9. The minimum absolute atomic E-state index is 0.139. The van der Waals surface area contributed by atoms with Crippen molar-refractivity contribution < 1.29 is 24.5 Å². The molecule has 104 valence electrons. The van der Waals surface area contributed by atoms with Gasteiger partial charge in [0, 0.05) is 20.2 Å². The number of rotatable bonds is 7. The third kappa shape index (κ3) is 2.81. The van der Waals surface area contributed by atoms with Gasteiger partial charge in [-0.3, -0.25) is 9.59 Å². The van der Waals surface area contributed by atoms with Crippen LogP contribution >= 0.6 is 0 Å². The summed E-state index contributed by atoms with van der Waals surface area (Å²) >= 11 is 0. The maximum absolute atomic E-state index is 12.2. The molecule has 1 saturated carbocycles. The molecule has 1 fully saturated rings. The first kappa shape index (κ1) is 14.9. The zero-order valence-electron chi connectivity index (χ0n) is 11.0. The Morgan fingerprint density at radius 2 is 1.89 bits per heavy atom. The summed E-state index contributed by atoms with van der Waals surface area (Å²) < 4.78 is 4.90. The Morgan fingerprint density at radius 1 is 1.28 bits per heavy atom. The standard InChI is InChI=1S/C12H21NO5/c1-12(2)8(9(12)11(16)17)10(15)13(4-6-14)5-7-18-3/h8-9,14H,4-7H2,1-3H3,(H,16,17). The third-order valence-corrected chi connectivity index (χ3v) is 3.61. The number of aliphatic carboxylic acids is 1. The Morgan fingerprint density at radius 3 is 2.28 bits per heavy atom. The van der Waals surface area contributed by atoms with Crippen molar-refractivity contribution in [2.24, 2.45) is 17.3 Å². The largest absolute Gasteiger partial charge is 0.481 e. The SMILES string of the molecule is COCCN(CCO)C(=O)C1C(C(=O)O)C1(C)C. The lowest BCUT2D eigenvalue weighted by atomic mass is 10.1. The molecule has 0 heterocycles. The van der Waals surface area contributed by atoms with Gasteiger partial charge in [0.1, 0.15) is 0 Å². The molecular weight excluding hydrogens is 238 g/mol. The predicted molar refractivity (Wildman–Crippen MR) is 63.9 cm³/mol. The number of amides is 1. The van der Waals surface area contributed by atoms with Crippen LogP contribution in [0.1, 0.15) is 13.8 Å². The van der Waals surface area contributed by atoms with Crippen LogP contribution in [0, 0.1) is 17.3 Å². The van der Waals surface area contributed by atoms with Gasteiger partial charge < -0.3 is 19.8 Å². The maximum Gasteiger partial charge on any atom is 0.307 e. The average Bonchev–Trinajstić information content (AvgIpc) is 2.87. The number of ether oxygens (including phenoxy) is 1. The summed E-state index contributed by atoms with van der Waals surface area (Å²) in [6.07, 6.45) is 0. The molecule has 2 unspecified atom stereocenters. The number of aliphatic hydroxyl groups excluding tert-OH is 1. The van der Waals surface area contributed by atoms with E-state index >= 15 is 0 Å². The van der Waals surface area contributed by atoms with E-state index in [0.29, 0.717) is 13.2 Å². The molecule has 0 aromatic carbocycles. The number of nitrogens with zero attached hydrogens (tertiary/aromatic N) is 1. The van der Waals surface area contributed by atoms with E-state index in [2.05, 4.69) is 0 Å². The number of hydrogen-bond acceptors (Lipinski definition) is 4. The lowest BCUT2D eigenvalue weighted by Crippen LogP contribution is -2.38. The first-order valence-corrected chi connectivity index (χ1v) is 5.99. The van der Waals surface area contributed by atoms with Crippen molar-refractivity contribution in [1.82, 2.24) is 4.90 Å². The van der Waals surface area contributed by atoms with Crippen molar-refractivity contribution in [3.05, 3.63) is 0 Å². The van der Waals surface area contributed by atoms with Crippen LogP contribution in [0.25, 0.3) is 0 Å². The molecule has 18 heavy (non-hydrogen) atoms. The van der Waals surface area contributed by atoms with Crippen molar-refractivity contribution in [2.75, 3.05) is 33.4 Å². The van der Waals surface area contributed by atoms with Gasteiger partial charge in [-0.1, -0.05) is 13.8 Å². The molecule has 1 rings (SSSR count). The van der Waals surface area contributed by atoms with Crippen molar-refractivity contribution >= 4 is 11.9 Å². The van der Waals surface area contributed by atoms with Gasteiger partial charge in [-0.2, -0.15) is 0 Å². The van der Waals surface area contributed by atoms with Crippen LogP contribution in [-0.4, -0.2) is 60.4 Å². The highest BCUT2D eigenvalue weighted by molar-refractivity contribution is 5.91. The minimum atomic E-state index is -0.936. The van der Waals surface area contributed by atoms with Gasteiger partial charge >= 0.3 is 5.97 Å². The fourth-order valence-corrected chi connectivity index (χ4v) is 2.41. The molecule has 0 saturated heterocycles. The first-order valence-electron chi connectivity index (χ1n) is 5.99. The lowest BCUT2D eigenvalue weighted by Gasteiger charge is -2.22. The second kappa shape index (κ2) is 5.67. The third-order valence-electron chi connectivity index (χ3n) is 3.61. The molecule has 0 aromatic heterocycles. The highest BCUT2D eigenvalue weighted by Gasteiger charge is 2.66. The molecule has 0 aliphatic heterocycles. The molecule has 6 heteroatoms. The van der Waals surface area contributed by atoms with E-state index in [-0.39, 0.29) is 19.1 Å². The summed E-state index contributed by atoms with van der Waals surface area (Å²) in [5.41, 5.74) is -0.510. The first-order chi connectivity index (χ1) is 8.37. The molecule has 0 spiro atoms. The Bertz CT molecular complexity index is 328. The molecule has 6 nitrogen and oxygen atoms in total. The Hall–Kier alpha value is -1.14. The Kier molecular flexibility index (Phi) is 4.70. The normalized spacial score (nSPS) is 24.7. The monoisotopic (exact) mass is 259 g/mol. The van der Waals surface area contributed by atoms with Gasteiger partial charge in [0.2, 0.25) is 5.91 Å². The molecule has 1 aliphatic carbocycles. The summed E-state index contributed by atoms with van der Waals surface area (Å²) in [6.45, 7) is 4.37. The fourth-order valence-electron chi connectivity index (χ4n) is 2.41. The number of carbonyl (C=O) groups excluding carboxylic acids is 1. The van der Waals surface area contributed by atoms with Crippen LogP contribution in [0.3, 0.4) is 0 Å². The number of carbonyl (C=O) groups is 2. The van der Waals surface area contributed by atoms with E-state index in [0.717, 1.165) is 0 Å². The molecule has 0 radical (unpaired) electrons. The van der Waals surface area contributed by atoms with Gasteiger partial charge in [-0.05, 0) is 5.41 Å². The second-order valence-corrected chi connectivity index (χ2v) is 5.16. The fraction of sp³-hybridized carbons (Fsp3) is 0.833. The van der Waals surface area contributed by atoms with Gasteiger partial charge in [-0.25, -0.2) is 0 Å². The van der Waals surface area contributed by atoms with Crippen molar-refractivity contribution in [3.63, 3.8) is 0 Å². The van der Waals surface area contributed by atoms with E-state index in [1.807, 2.05) is 0 Å². The number of carboxylic acids is 1. The Labute approximate surface area is 107 Å². The van der Waals surface area contributed by atoms with Gasteiger partial charge in [0.15, 0.2) is 0 Å². The van der Waals surface area contributed by atoms with Crippen molar-refractivity contribution in [3.8, 4) is 0 Å². The highest BCUT2D eigenvalue weighted by atomic mass is 16.5. The topological polar surface area (TPSA) is 87.1 Å². The summed E-state index contributed by atoms with van der Waals surface area (Å²) in [4.78, 5) is 24.7. The van der Waals surface area contributed by atoms with E-state index < -0.39 is 23.2 Å². The minimum Gasteiger partial charge on any atom is -0.481 e. The number of carboxylic acid groups (broad SMARTS) is 1. The molecule has 0 bridgehead atoms. The van der Waals surface area contributed by atoms with Gasteiger partial charge in [0.25, 0.3) is 0 Å². The van der Waals surface area contributed by atoms with E-state index in [1.54, 1.807) is 13.8 Å². The van der Waals surface area contributed by atoms with Gasteiger partial charge in [0.05, 0.1) is 25.0 Å². The van der Waals surface area contributed by atoms with E-state index in [1.165, 1.54) is 12.0 Å². The summed E-state index contributed by atoms with van der Waals surface area (Å²) in [7, 11) is 1.53. The number of hydrogen-bond donors (Lipinski definition) is 2. The van der Waals surface area contributed by atoms with E-state index in [9.17, 15) is 9.59 Å². The average molecular weight is 259 g/mol. The number of methoxy groups -OCH3 is 1. The quantitative estimate of drug-likeness (QED) is 0.661. The number of aliphatic hydroxyl groups is 1. The van der Waals surface area contributed by atoms with Crippen molar-refractivity contribution in [1.29, 1.82) is 0 Å². The molecule has 2 atom stereocenters. The zero-order valence-corrected chi connectivity index (χ0v) is 11.0. The Balaban J connectivity index is 2.69. The van der Waals surface area contributed by atoms with Crippen LogP contribution in [0.5, 0.6) is 0 Å². The molecule has 0 aromatic rings. The lowest BCUT2D eigenvalue weighted by molar-refractivity contribution is -0.142. The molecule has 1 amide bonds. The second-order valence-electron chi connectivity index (χ2n) is 5.16. The van der Waals surface area contributed by atoms with Crippen LogP contribution < -0.4 is 0 Å². The summed E-state index contributed by atoms with van der Waals surface area (Å²) in [5.74, 6) is -2.28. The summed E-state index contributed by atoms with van der Waals surface area (Å²) in [6, 6.07) is 0. The van der Waals surface area contributed by atoms with Crippen LogP contribution in [0.4, 0.5) is 0 Å².